The number of fused-ring (bicyclic) bond motifs is 1. The molecular weight excluding hydrogens is 126 g/mol. The average molecular weight is 138 g/mol. The van der Waals surface area contributed by atoms with Gasteiger partial charge in [-0.1, -0.05) is 0 Å². The van der Waals surface area contributed by atoms with Gasteiger partial charge < -0.3 is 4.90 Å². The van der Waals surface area contributed by atoms with Crippen LogP contribution in [0.15, 0.2) is 0 Å². The predicted octanol–water partition coefficient (Wildman–Crippen LogP) is 0.689. The monoisotopic (exact) mass is 138 g/mol. The van der Waals surface area contributed by atoms with Crippen molar-refractivity contribution in [2.45, 2.75) is 12.8 Å². The number of carbonyl (C=O) groups is 1. The van der Waals surface area contributed by atoms with Gasteiger partial charge in [0.05, 0.1) is 0 Å². The molecule has 10 heavy (non-hydrogen) atoms. The van der Waals surface area contributed by atoms with Crippen molar-refractivity contribution in [3.05, 3.63) is 6.42 Å². The average Bonchev–Trinajstić information content (AvgIpc) is 2.42. The molecule has 2 unspecified atom stereocenters. The molecule has 1 aliphatic heterocycles. The van der Waals surface area contributed by atoms with Crippen LogP contribution in [0.1, 0.15) is 12.8 Å². The maximum Gasteiger partial charge on any atom is 0.209 e. The van der Waals surface area contributed by atoms with Crippen LogP contribution in [0.5, 0.6) is 0 Å². The second-order valence-electron chi connectivity index (χ2n) is 3.34. The summed E-state index contributed by atoms with van der Waals surface area (Å²) in [5.74, 6) is 1.59. The molecule has 2 atom stereocenters. The first kappa shape index (κ1) is 6.20. The first-order valence-electron chi connectivity index (χ1n) is 3.91. The molecule has 0 spiro atoms. The van der Waals surface area contributed by atoms with Crippen LogP contribution in [-0.4, -0.2) is 24.4 Å². The Morgan fingerprint density at radius 1 is 1.30 bits per heavy atom. The minimum Gasteiger partial charge on any atom is -0.345 e. The summed E-state index contributed by atoms with van der Waals surface area (Å²) in [6.07, 6.45) is 5.81. The van der Waals surface area contributed by atoms with E-state index in [-0.39, 0.29) is 0 Å². The van der Waals surface area contributed by atoms with Crippen LogP contribution in [0.3, 0.4) is 0 Å². The molecule has 1 amide bonds. The van der Waals surface area contributed by atoms with E-state index in [9.17, 15) is 4.79 Å². The molecule has 2 heteroatoms. The van der Waals surface area contributed by atoms with E-state index in [0.29, 0.717) is 0 Å². The van der Waals surface area contributed by atoms with Crippen LogP contribution in [0, 0.1) is 18.3 Å². The van der Waals surface area contributed by atoms with Crippen LogP contribution in [0.4, 0.5) is 0 Å². The molecule has 0 aromatic heterocycles. The molecule has 0 bridgehead atoms. The van der Waals surface area contributed by atoms with Crippen LogP contribution in [0.25, 0.3) is 0 Å². The smallest absolute Gasteiger partial charge is 0.209 e. The van der Waals surface area contributed by atoms with Crippen LogP contribution in [0.2, 0.25) is 0 Å². The summed E-state index contributed by atoms with van der Waals surface area (Å²) >= 11 is 0. The zero-order valence-corrected chi connectivity index (χ0v) is 5.99. The maximum absolute atomic E-state index is 10.4. The van der Waals surface area contributed by atoms with Gasteiger partial charge in [-0.25, -0.2) is 0 Å². The SMILES string of the molecule is O=CN1CC2C[CH]CC2C1. The Kier molecular flexibility index (Phi) is 1.40. The second kappa shape index (κ2) is 2.26. The first-order chi connectivity index (χ1) is 4.90. The van der Waals surface area contributed by atoms with Gasteiger partial charge in [0.25, 0.3) is 0 Å². The molecule has 1 saturated carbocycles. The van der Waals surface area contributed by atoms with Gasteiger partial charge in [0.2, 0.25) is 6.41 Å². The molecule has 1 radical (unpaired) electrons. The number of nitrogens with zero attached hydrogens (tertiary/aromatic N) is 1. The number of amides is 1. The van der Waals surface area contributed by atoms with Crippen LogP contribution >= 0.6 is 0 Å². The normalized spacial score (nSPS) is 38.2. The van der Waals surface area contributed by atoms with Crippen molar-refractivity contribution in [3.63, 3.8) is 0 Å². The molecule has 55 valence electrons. The highest BCUT2D eigenvalue weighted by Gasteiger charge is 2.35. The van der Waals surface area contributed by atoms with E-state index < -0.39 is 0 Å². The number of likely N-dealkylation sites (tertiary alicyclic amines) is 1. The van der Waals surface area contributed by atoms with Crippen LogP contribution in [-0.2, 0) is 4.79 Å². The lowest BCUT2D eigenvalue weighted by Gasteiger charge is -2.07. The molecule has 2 fully saturated rings. The summed E-state index contributed by atoms with van der Waals surface area (Å²) < 4.78 is 0. The fourth-order valence-electron chi connectivity index (χ4n) is 2.12. The third kappa shape index (κ3) is 0.825. The van der Waals surface area contributed by atoms with Gasteiger partial charge in [-0.3, -0.25) is 4.79 Å². The molecule has 2 aliphatic rings. The lowest BCUT2D eigenvalue weighted by molar-refractivity contribution is -0.117. The van der Waals surface area contributed by atoms with E-state index in [1.807, 2.05) is 4.90 Å². The minimum atomic E-state index is 0.796. The summed E-state index contributed by atoms with van der Waals surface area (Å²) in [5, 5.41) is 0. The molecule has 2 rings (SSSR count). The van der Waals surface area contributed by atoms with Crippen molar-refractivity contribution in [3.8, 4) is 0 Å². The lowest BCUT2D eigenvalue weighted by Crippen LogP contribution is -2.18. The molecule has 2 nitrogen and oxygen atoms in total. The van der Waals surface area contributed by atoms with Gasteiger partial charge in [-0.05, 0) is 31.1 Å². The fraction of sp³-hybridized carbons (Fsp3) is 0.750. The van der Waals surface area contributed by atoms with E-state index in [0.717, 1.165) is 31.3 Å². The zero-order valence-electron chi connectivity index (χ0n) is 5.99. The van der Waals surface area contributed by atoms with Crippen molar-refractivity contribution in [1.29, 1.82) is 0 Å². The zero-order chi connectivity index (χ0) is 6.97. The van der Waals surface area contributed by atoms with Gasteiger partial charge in [0.15, 0.2) is 0 Å². The number of rotatable bonds is 1. The Morgan fingerprint density at radius 2 is 1.90 bits per heavy atom. The van der Waals surface area contributed by atoms with Crippen LogP contribution < -0.4 is 0 Å². The number of carbonyl (C=O) groups excluding carboxylic acids is 1. The summed E-state index contributed by atoms with van der Waals surface area (Å²) in [6.45, 7) is 2.01. The third-order valence-corrected chi connectivity index (χ3v) is 2.69. The maximum atomic E-state index is 10.4. The number of hydrogen-bond acceptors (Lipinski definition) is 1. The molecule has 1 saturated heterocycles. The molecule has 1 aliphatic carbocycles. The Morgan fingerprint density at radius 3 is 2.40 bits per heavy atom. The molecular formula is C8H12NO. The van der Waals surface area contributed by atoms with E-state index in [1.54, 1.807) is 0 Å². The van der Waals surface area contributed by atoms with E-state index in [1.165, 1.54) is 12.8 Å². The van der Waals surface area contributed by atoms with E-state index in [4.69, 9.17) is 0 Å². The fourth-order valence-corrected chi connectivity index (χ4v) is 2.12. The third-order valence-electron chi connectivity index (χ3n) is 2.69. The second-order valence-corrected chi connectivity index (χ2v) is 3.34. The minimum absolute atomic E-state index is 0.796. The Balaban J connectivity index is 1.99. The highest BCUT2D eigenvalue weighted by molar-refractivity contribution is 5.47. The molecule has 1 heterocycles. The Hall–Kier alpha value is -0.530. The summed E-state index contributed by atoms with van der Waals surface area (Å²) in [5.41, 5.74) is 0. The van der Waals surface area contributed by atoms with Crippen molar-refractivity contribution in [2.75, 3.05) is 13.1 Å². The standard InChI is InChI=1S/C8H12NO/c10-6-9-4-7-2-1-3-8(7)5-9/h1,6-8H,2-5H2. The van der Waals surface area contributed by atoms with Crippen molar-refractivity contribution in [2.24, 2.45) is 11.8 Å². The number of hydrogen-bond donors (Lipinski definition) is 0. The van der Waals surface area contributed by atoms with Gasteiger partial charge in [0.1, 0.15) is 0 Å². The molecule has 0 aromatic rings. The van der Waals surface area contributed by atoms with E-state index in [2.05, 4.69) is 6.42 Å². The van der Waals surface area contributed by atoms with Gasteiger partial charge in [-0.2, -0.15) is 0 Å². The highest BCUT2D eigenvalue weighted by atomic mass is 16.1. The summed E-state index contributed by atoms with van der Waals surface area (Å²) in [7, 11) is 0. The Labute approximate surface area is 61.2 Å². The molecule has 0 aromatic carbocycles. The quantitative estimate of drug-likeness (QED) is 0.488. The van der Waals surface area contributed by atoms with Gasteiger partial charge in [-0.15, -0.1) is 0 Å². The largest absolute Gasteiger partial charge is 0.345 e. The topological polar surface area (TPSA) is 20.3 Å². The van der Waals surface area contributed by atoms with Gasteiger partial charge in [0, 0.05) is 13.1 Å². The predicted molar refractivity (Wildman–Crippen MR) is 38.2 cm³/mol. The van der Waals surface area contributed by atoms with E-state index >= 15 is 0 Å². The van der Waals surface area contributed by atoms with Crippen molar-refractivity contribution >= 4 is 6.41 Å². The highest BCUT2D eigenvalue weighted by Crippen LogP contribution is 2.36. The van der Waals surface area contributed by atoms with Crippen molar-refractivity contribution < 1.29 is 4.79 Å². The van der Waals surface area contributed by atoms with Gasteiger partial charge >= 0.3 is 0 Å². The summed E-state index contributed by atoms with van der Waals surface area (Å²) in [6, 6.07) is 0. The first-order valence-corrected chi connectivity index (χ1v) is 3.91. The Bertz CT molecular complexity index is 134. The van der Waals surface area contributed by atoms with Crippen molar-refractivity contribution in [1.82, 2.24) is 4.90 Å². The summed E-state index contributed by atoms with van der Waals surface area (Å²) in [4.78, 5) is 12.3. The lowest BCUT2D eigenvalue weighted by atomic mass is 10.0. The molecule has 0 N–H and O–H groups in total.